The van der Waals surface area contributed by atoms with Gasteiger partial charge in [0.05, 0.1) is 11.5 Å². The highest BCUT2D eigenvalue weighted by molar-refractivity contribution is 5.99. The quantitative estimate of drug-likeness (QED) is 0.587. The molecule has 8 nitrogen and oxygen atoms in total. The summed E-state index contributed by atoms with van der Waals surface area (Å²) in [5, 5.41) is 11.1. The molecule has 8 heteroatoms. The van der Waals surface area contributed by atoms with Gasteiger partial charge >= 0.3 is 0 Å². The lowest BCUT2D eigenvalue weighted by Gasteiger charge is -2.42. The number of likely N-dealkylation sites (tertiary alicyclic amines) is 1. The number of nitro groups is 1. The van der Waals surface area contributed by atoms with Gasteiger partial charge in [-0.1, -0.05) is 12.5 Å². The molecular weight excluding hydrogens is 362 g/mol. The molecule has 2 aliphatic heterocycles. The van der Waals surface area contributed by atoms with E-state index < -0.39 is 16.7 Å². The van der Waals surface area contributed by atoms with Crippen LogP contribution in [0.15, 0.2) is 24.3 Å². The number of carbonyl (C=O) groups excluding carboxylic acids is 2. The van der Waals surface area contributed by atoms with Crippen LogP contribution in [-0.2, 0) is 9.53 Å². The summed E-state index contributed by atoms with van der Waals surface area (Å²) in [5.41, 5.74) is -0.685. The molecule has 1 aliphatic carbocycles. The number of benzene rings is 1. The van der Waals surface area contributed by atoms with Gasteiger partial charge in [0.15, 0.2) is 0 Å². The number of carbonyl (C=O) groups is 2. The van der Waals surface area contributed by atoms with Gasteiger partial charge in [-0.05, 0) is 44.6 Å². The minimum absolute atomic E-state index is 0.0706. The summed E-state index contributed by atoms with van der Waals surface area (Å²) in [6.07, 6.45) is 6.28. The lowest BCUT2D eigenvalue weighted by molar-refractivity contribution is -0.384. The van der Waals surface area contributed by atoms with Crippen LogP contribution in [0.2, 0.25) is 0 Å². The van der Waals surface area contributed by atoms with Crippen molar-refractivity contribution in [1.29, 1.82) is 0 Å². The molecular formula is C20H25N3O5. The van der Waals surface area contributed by atoms with Gasteiger partial charge in [0, 0.05) is 30.8 Å². The number of nitrogens with zero attached hydrogens (tertiary/aromatic N) is 3. The molecule has 1 aromatic carbocycles. The molecule has 4 rings (SSSR count). The average molecular weight is 387 g/mol. The molecule has 0 N–H and O–H groups in total. The van der Waals surface area contributed by atoms with E-state index in [1.165, 1.54) is 18.2 Å². The van der Waals surface area contributed by atoms with E-state index in [1.54, 1.807) is 11.0 Å². The Morgan fingerprint density at radius 3 is 2.50 bits per heavy atom. The number of rotatable bonds is 3. The van der Waals surface area contributed by atoms with E-state index in [0.29, 0.717) is 25.9 Å². The zero-order valence-corrected chi connectivity index (χ0v) is 15.8. The van der Waals surface area contributed by atoms with Crippen molar-refractivity contribution >= 4 is 17.5 Å². The van der Waals surface area contributed by atoms with Gasteiger partial charge in [-0.15, -0.1) is 0 Å². The zero-order valence-electron chi connectivity index (χ0n) is 15.8. The highest BCUT2D eigenvalue weighted by Crippen LogP contribution is 2.42. The Kier molecular flexibility index (Phi) is 5.05. The van der Waals surface area contributed by atoms with Crippen LogP contribution in [0, 0.1) is 10.1 Å². The number of nitro benzene ring substituents is 1. The van der Waals surface area contributed by atoms with Gasteiger partial charge in [-0.2, -0.15) is 0 Å². The van der Waals surface area contributed by atoms with Crippen LogP contribution in [0.5, 0.6) is 0 Å². The van der Waals surface area contributed by atoms with Gasteiger partial charge in [0.2, 0.25) is 5.91 Å². The third-order valence-electron chi connectivity index (χ3n) is 6.12. The van der Waals surface area contributed by atoms with Crippen LogP contribution in [0.25, 0.3) is 0 Å². The molecule has 2 heterocycles. The maximum absolute atomic E-state index is 13.5. The highest BCUT2D eigenvalue weighted by atomic mass is 16.6. The third kappa shape index (κ3) is 3.26. The predicted molar refractivity (Wildman–Crippen MR) is 101 cm³/mol. The second-order valence-electron chi connectivity index (χ2n) is 7.85. The second-order valence-corrected chi connectivity index (χ2v) is 7.85. The normalized spacial score (nSPS) is 23.9. The minimum atomic E-state index is -0.778. The smallest absolute Gasteiger partial charge is 0.270 e. The van der Waals surface area contributed by atoms with Gasteiger partial charge in [-0.3, -0.25) is 24.6 Å². The number of hydrogen-bond donors (Lipinski definition) is 0. The molecule has 2 saturated heterocycles. The second kappa shape index (κ2) is 7.50. The number of ether oxygens (including phenoxy) is 1. The molecule has 0 bridgehead atoms. The third-order valence-corrected chi connectivity index (χ3v) is 6.12. The van der Waals surface area contributed by atoms with Crippen LogP contribution < -0.4 is 0 Å². The van der Waals surface area contributed by atoms with Crippen molar-refractivity contribution in [2.24, 2.45) is 0 Å². The number of hydrogen-bond acceptors (Lipinski definition) is 5. The molecule has 1 atom stereocenters. The zero-order chi connectivity index (χ0) is 19.7. The Morgan fingerprint density at radius 1 is 1.11 bits per heavy atom. The summed E-state index contributed by atoms with van der Waals surface area (Å²) in [6.45, 7) is 1.61. The Morgan fingerprint density at radius 2 is 1.82 bits per heavy atom. The summed E-state index contributed by atoms with van der Waals surface area (Å²) < 4.78 is 6.13. The minimum Gasteiger partial charge on any atom is -0.353 e. The lowest BCUT2D eigenvalue weighted by atomic mass is 9.89. The fourth-order valence-electron chi connectivity index (χ4n) is 4.70. The fraction of sp³-hybridized carbons (Fsp3) is 0.600. The van der Waals surface area contributed by atoms with E-state index >= 15 is 0 Å². The van der Waals surface area contributed by atoms with Crippen LogP contribution in [0.3, 0.4) is 0 Å². The van der Waals surface area contributed by atoms with Crippen LogP contribution in [-0.4, -0.2) is 58.0 Å². The molecule has 2 amide bonds. The van der Waals surface area contributed by atoms with E-state index in [2.05, 4.69) is 0 Å². The van der Waals surface area contributed by atoms with E-state index in [9.17, 15) is 19.7 Å². The Balaban J connectivity index is 1.68. The van der Waals surface area contributed by atoms with Crippen molar-refractivity contribution in [1.82, 2.24) is 9.80 Å². The van der Waals surface area contributed by atoms with Crippen molar-refractivity contribution in [3.8, 4) is 0 Å². The van der Waals surface area contributed by atoms with Gasteiger partial charge in [-0.25, -0.2) is 0 Å². The molecule has 0 aromatic heterocycles. The topological polar surface area (TPSA) is 93.0 Å². The Hall–Kier alpha value is -2.48. The Labute approximate surface area is 163 Å². The molecule has 3 aliphatic rings. The van der Waals surface area contributed by atoms with Crippen molar-refractivity contribution < 1.29 is 19.2 Å². The van der Waals surface area contributed by atoms with E-state index in [1.807, 2.05) is 4.90 Å². The first-order chi connectivity index (χ1) is 13.5. The van der Waals surface area contributed by atoms with Crippen LogP contribution in [0.1, 0.15) is 55.3 Å². The molecule has 150 valence electrons. The van der Waals surface area contributed by atoms with Gasteiger partial charge in [0.1, 0.15) is 11.8 Å². The molecule has 0 radical (unpaired) electrons. The first-order valence-corrected chi connectivity index (χ1v) is 10.0. The van der Waals surface area contributed by atoms with E-state index in [4.69, 9.17) is 4.74 Å². The number of non-ortho nitro benzene ring substituents is 1. The maximum Gasteiger partial charge on any atom is 0.270 e. The summed E-state index contributed by atoms with van der Waals surface area (Å²) in [6, 6.07) is 5.06. The molecule has 3 fully saturated rings. The standard InChI is InChI=1S/C20H25N3O5/c24-18(15-7-6-8-16(13-15)23(26)27)22-17(19(25)21-11-4-5-12-21)14-28-20(22)9-2-1-3-10-20/h6-8,13,17H,1-5,9-12,14H2/t17-/m1/s1. The number of amides is 2. The first-order valence-electron chi connectivity index (χ1n) is 10.0. The maximum atomic E-state index is 13.5. The summed E-state index contributed by atoms with van der Waals surface area (Å²) in [4.78, 5) is 40.6. The van der Waals surface area contributed by atoms with Crippen LogP contribution in [0.4, 0.5) is 5.69 Å². The van der Waals surface area contributed by atoms with Crippen molar-refractivity contribution in [3.05, 3.63) is 39.9 Å². The lowest BCUT2D eigenvalue weighted by Crippen LogP contribution is -2.56. The Bertz CT molecular complexity index is 784. The summed E-state index contributed by atoms with van der Waals surface area (Å²) in [5.74, 6) is -0.431. The predicted octanol–water partition coefficient (Wildman–Crippen LogP) is 2.72. The summed E-state index contributed by atoms with van der Waals surface area (Å²) >= 11 is 0. The summed E-state index contributed by atoms with van der Waals surface area (Å²) in [7, 11) is 0. The monoisotopic (exact) mass is 387 g/mol. The van der Waals surface area contributed by atoms with Gasteiger partial charge < -0.3 is 9.64 Å². The fourth-order valence-corrected chi connectivity index (χ4v) is 4.70. The largest absolute Gasteiger partial charge is 0.353 e. The molecule has 1 saturated carbocycles. The van der Waals surface area contributed by atoms with Crippen molar-refractivity contribution in [3.63, 3.8) is 0 Å². The SMILES string of the molecule is O=C([C@H]1COC2(CCCCC2)N1C(=O)c1cccc([N+](=O)[O-])c1)N1CCCC1. The molecule has 0 unspecified atom stereocenters. The average Bonchev–Trinajstić information content (AvgIpc) is 3.36. The molecule has 1 aromatic rings. The van der Waals surface area contributed by atoms with E-state index in [-0.39, 0.29) is 29.7 Å². The van der Waals surface area contributed by atoms with Crippen molar-refractivity contribution in [2.75, 3.05) is 19.7 Å². The molecule has 28 heavy (non-hydrogen) atoms. The van der Waals surface area contributed by atoms with Crippen LogP contribution >= 0.6 is 0 Å². The highest BCUT2D eigenvalue weighted by Gasteiger charge is 2.53. The first kappa shape index (κ1) is 18.9. The van der Waals surface area contributed by atoms with Gasteiger partial charge in [0.25, 0.3) is 11.6 Å². The van der Waals surface area contributed by atoms with Crippen molar-refractivity contribution in [2.45, 2.75) is 56.7 Å². The van der Waals surface area contributed by atoms with E-state index in [0.717, 1.165) is 32.1 Å². The molecule has 1 spiro atoms.